The molecule has 1 N–H and O–H groups in total. The van der Waals surface area contributed by atoms with Gasteiger partial charge in [0.25, 0.3) is 5.79 Å². The summed E-state index contributed by atoms with van der Waals surface area (Å²) in [6.45, 7) is 7.47. The number of fused-ring (bicyclic) bond motifs is 1. The molecule has 4 fully saturated rings. The molecule has 0 aromatic carbocycles. The average Bonchev–Trinajstić information content (AvgIpc) is 3.41. The fourth-order valence-corrected chi connectivity index (χ4v) is 4.77. The number of hydrogen-bond donors (Lipinski definition) is 1. The molecule has 0 saturated carbocycles. The first-order valence-electron chi connectivity index (χ1n) is 10.6. The van der Waals surface area contributed by atoms with E-state index in [-0.39, 0.29) is 12.8 Å². The number of carbonyl (C=O) groups is 2. The number of carboxylic acid groups (broad SMARTS) is 1. The van der Waals surface area contributed by atoms with Crippen molar-refractivity contribution in [2.24, 2.45) is 0 Å². The lowest BCUT2D eigenvalue weighted by molar-refractivity contribution is -0.343. The lowest BCUT2D eigenvalue weighted by Crippen LogP contribution is -2.48. The Kier molecular flexibility index (Phi) is 6.04. The van der Waals surface area contributed by atoms with Gasteiger partial charge in [-0.3, -0.25) is 4.79 Å². The Morgan fingerprint density at radius 2 is 1.72 bits per heavy atom. The summed E-state index contributed by atoms with van der Waals surface area (Å²) in [5.74, 6) is -5.32. The van der Waals surface area contributed by atoms with Crippen molar-refractivity contribution in [2.75, 3.05) is 20.8 Å². The van der Waals surface area contributed by atoms with Crippen LogP contribution in [0.15, 0.2) is 0 Å². The van der Waals surface area contributed by atoms with Gasteiger partial charge in [0, 0.05) is 13.5 Å². The van der Waals surface area contributed by atoms with Gasteiger partial charge in [0.15, 0.2) is 17.8 Å². The molecule has 0 aromatic heterocycles. The summed E-state index contributed by atoms with van der Waals surface area (Å²) in [6, 6.07) is -0.750. The lowest BCUT2D eigenvalue weighted by atomic mass is 10.0. The van der Waals surface area contributed by atoms with Crippen LogP contribution >= 0.6 is 0 Å². The van der Waals surface area contributed by atoms with Crippen molar-refractivity contribution in [3.05, 3.63) is 0 Å². The van der Waals surface area contributed by atoms with Crippen LogP contribution in [0.5, 0.6) is 0 Å². The van der Waals surface area contributed by atoms with Crippen LogP contribution < -0.4 is 0 Å². The van der Waals surface area contributed by atoms with Crippen molar-refractivity contribution < 1.29 is 52.7 Å². The zero-order valence-corrected chi connectivity index (χ0v) is 19.1. The van der Waals surface area contributed by atoms with Gasteiger partial charge in [-0.15, -0.1) is 5.06 Å². The van der Waals surface area contributed by atoms with Crippen LogP contribution in [0.25, 0.3) is 0 Å². The number of nitrogens with zero attached hydrogens (tertiary/aromatic N) is 1. The van der Waals surface area contributed by atoms with E-state index in [0.717, 1.165) is 0 Å². The molecular formula is C20H31NO11. The van der Waals surface area contributed by atoms with Gasteiger partial charge < -0.3 is 38.3 Å². The summed E-state index contributed by atoms with van der Waals surface area (Å²) < 4.78 is 40.4. The molecule has 4 aliphatic rings. The molecule has 0 spiro atoms. The third-order valence-corrected chi connectivity index (χ3v) is 6.07. The summed E-state index contributed by atoms with van der Waals surface area (Å²) in [4.78, 5) is 29.9. The van der Waals surface area contributed by atoms with Crippen molar-refractivity contribution in [1.82, 2.24) is 5.06 Å². The monoisotopic (exact) mass is 461 g/mol. The van der Waals surface area contributed by atoms with Gasteiger partial charge in [0.1, 0.15) is 24.4 Å². The van der Waals surface area contributed by atoms with Crippen LogP contribution in [0.2, 0.25) is 0 Å². The maximum absolute atomic E-state index is 12.5. The number of rotatable bonds is 6. The van der Waals surface area contributed by atoms with Gasteiger partial charge in [-0.2, -0.15) is 0 Å². The van der Waals surface area contributed by atoms with Gasteiger partial charge in [0.2, 0.25) is 0 Å². The number of hydrogen-bond acceptors (Lipinski definition) is 11. The highest BCUT2D eigenvalue weighted by molar-refractivity contribution is 5.78. The highest BCUT2D eigenvalue weighted by Gasteiger charge is 2.64. The molecule has 12 nitrogen and oxygen atoms in total. The second kappa shape index (κ2) is 8.13. The fourth-order valence-electron chi connectivity index (χ4n) is 4.77. The summed E-state index contributed by atoms with van der Waals surface area (Å²) in [7, 11) is 2.50. The SMILES string of the molecule is COC(=O)[C@]1(OC)C[C@@H](CC(=O)O)N([C@H]2O[C@H]([C@H]3COC(C)(C)O3)[C@@H]3OC(C)(C)O[C@@H]32)O1. The molecule has 4 heterocycles. The molecule has 0 aliphatic carbocycles. The maximum Gasteiger partial charge on any atom is 0.368 e. The van der Waals surface area contributed by atoms with E-state index < -0.39 is 66.0 Å². The Bertz CT molecular complexity index is 758. The predicted octanol–water partition coefficient (Wildman–Crippen LogP) is 0.379. The minimum Gasteiger partial charge on any atom is -0.481 e. The number of hydroxylamine groups is 2. The standard InChI is InChI=1S/C20H31NO11/c1-18(2)27-9-11(29-18)13-14-15(31-19(3,4)30-14)16(28-13)21-10(7-12(22)23)8-20(26-6,32-21)17(24)25-5/h10-11,13-16H,7-9H2,1-6H3,(H,22,23)/t10-,11-,13-,14+,15+,16+,20+/m1/s1. The quantitative estimate of drug-likeness (QED) is 0.549. The van der Waals surface area contributed by atoms with Crippen molar-refractivity contribution in [1.29, 1.82) is 0 Å². The van der Waals surface area contributed by atoms with Crippen LogP contribution in [0.4, 0.5) is 0 Å². The highest BCUT2D eigenvalue weighted by atomic mass is 16.9. The molecule has 0 unspecified atom stereocenters. The molecule has 182 valence electrons. The lowest BCUT2D eigenvalue weighted by Gasteiger charge is -2.33. The van der Waals surface area contributed by atoms with Crippen molar-refractivity contribution in [3.8, 4) is 0 Å². The second-order valence-corrected chi connectivity index (χ2v) is 9.28. The minimum atomic E-state index is -1.80. The summed E-state index contributed by atoms with van der Waals surface area (Å²) >= 11 is 0. The first kappa shape index (κ1) is 23.8. The molecule has 32 heavy (non-hydrogen) atoms. The van der Waals surface area contributed by atoms with Gasteiger partial charge in [-0.1, -0.05) is 0 Å². The van der Waals surface area contributed by atoms with E-state index in [9.17, 15) is 14.7 Å². The van der Waals surface area contributed by atoms with Gasteiger partial charge in [-0.05, 0) is 27.7 Å². The number of aliphatic carboxylic acids is 1. The average molecular weight is 461 g/mol. The van der Waals surface area contributed by atoms with E-state index in [4.69, 9.17) is 38.0 Å². The highest BCUT2D eigenvalue weighted by Crippen LogP contribution is 2.46. The maximum atomic E-state index is 12.5. The number of ether oxygens (including phenoxy) is 7. The van der Waals surface area contributed by atoms with Crippen LogP contribution in [0.1, 0.15) is 40.5 Å². The fraction of sp³-hybridized carbons (Fsp3) is 0.900. The molecule has 0 radical (unpaired) electrons. The third-order valence-electron chi connectivity index (χ3n) is 6.07. The first-order chi connectivity index (χ1) is 14.9. The smallest absolute Gasteiger partial charge is 0.368 e. The Morgan fingerprint density at radius 1 is 1.03 bits per heavy atom. The second-order valence-electron chi connectivity index (χ2n) is 9.28. The van der Waals surface area contributed by atoms with E-state index in [0.29, 0.717) is 6.61 Å². The zero-order valence-electron chi connectivity index (χ0n) is 19.1. The van der Waals surface area contributed by atoms with Gasteiger partial charge >= 0.3 is 11.9 Å². The van der Waals surface area contributed by atoms with Crippen LogP contribution in [0.3, 0.4) is 0 Å². The molecule has 0 aromatic rings. The normalized spacial score (nSPS) is 42.8. The van der Waals surface area contributed by atoms with Crippen molar-refractivity contribution >= 4 is 11.9 Å². The third kappa shape index (κ3) is 4.14. The largest absolute Gasteiger partial charge is 0.481 e. The van der Waals surface area contributed by atoms with E-state index in [2.05, 4.69) is 0 Å². The molecule has 7 atom stereocenters. The number of esters is 1. The molecule has 0 bridgehead atoms. The minimum absolute atomic E-state index is 0.0648. The first-order valence-corrected chi connectivity index (χ1v) is 10.6. The topological polar surface area (TPSA) is 131 Å². The molecular weight excluding hydrogens is 430 g/mol. The molecule has 4 saturated heterocycles. The predicted molar refractivity (Wildman–Crippen MR) is 103 cm³/mol. The van der Waals surface area contributed by atoms with Crippen molar-refractivity contribution in [2.45, 2.75) is 94.6 Å². The van der Waals surface area contributed by atoms with E-state index in [1.165, 1.54) is 19.3 Å². The van der Waals surface area contributed by atoms with E-state index in [1.807, 2.05) is 13.8 Å². The molecule has 12 heteroatoms. The van der Waals surface area contributed by atoms with E-state index >= 15 is 0 Å². The zero-order chi connectivity index (χ0) is 23.5. The van der Waals surface area contributed by atoms with Crippen LogP contribution in [0, 0.1) is 0 Å². The van der Waals surface area contributed by atoms with Gasteiger partial charge in [0.05, 0.1) is 26.2 Å². The number of methoxy groups -OCH3 is 2. The molecule has 0 amide bonds. The Labute approximate surface area is 185 Å². The molecule has 4 aliphatic heterocycles. The Hall–Kier alpha value is -1.38. The summed E-state index contributed by atoms with van der Waals surface area (Å²) in [5, 5.41) is 10.8. The van der Waals surface area contributed by atoms with E-state index in [1.54, 1.807) is 13.8 Å². The number of carbonyl (C=O) groups excluding carboxylic acids is 1. The molecule has 4 rings (SSSR count). The van der Waals surface area contributed by atoms with Crippen LogP contribution in [-0.2, 0) is 47.6 Å². The summed E-state index contributed by atoms with van der Waals surface area (Å²) in [5.41, 5.74) is 0. The van der Waals surface area contributed by atoms with Crippen molar-refractivity contribution in [3.63, 3.8) is 0 Å². The van der Waals surface area contributed by atoms with Crippen LogP contribution in [-0.4, -0.2) is 97.0 Å². The Morgan fingerprint density at radius 3 is 2.28 bits per heavy atom. The number of carboxylic acids is 1. The Balaban J connectivity index is 1.63. The summed E-state index contributed by atoms with van der Waals surface area (Å²) in [6.07, 6.45) is -3.43. The van der Waals surface area contributed by atoms with Gasteiger partial charge in [-0.25, -0.2) is 9.63 Å².